The number of anilines is 1. The van der Waals surface area contributed by atoms with Crippen LogP contribution in [0.4, 0.5) is 10.2 Å². The van der Waals surface area contributed by atoms with Crippen LogP contribution in [0.5, 0.6) is 5.75 Å². The maximum absolute atomic E-state index is 13.7. The monoisotopic (exact) mass is 379 g/mol. The van der Waals surface area contributed by atoms with E-state index in [1.807, 2.05) is 0 Å². The molecule has 1 N–H and O–H groups in total. The number of nitrogens with zero attached hydrogens (tertiary/aromatic N) is 2. The van der Waals surface area contributed by atoms with Crippen molar-refractivity contribution in [1.29, 1.82) is 0 Å². The van der Waals surface area contributed by atoms with Gasteiger partial charge in [0.15, 0.2) is 23.1 Å². The summed E-state index contributed by atoms with van der Waals surface area (Å²) in [6.45, 7) is 0.764. The molecule has 8 nitrogen and oxygen atoms in total. The van der Waals surface area contributed by atoms with E-state index in [0.29, 0.717) is 24.6 Å². The number of carbonyl (C=O) groups excluding carboxylic acids is 1. The molecule has 1 aromatic heterocycles. The van der Waals surface area contributed by atoms with Crippen LogP contribution in [0.2, 0.25) is 0 Å². The van der Waals surface area contributed by atoms with Crippen LogP contribution in [-0.4, -0.2) is 64.7 Å². The van der Waals surface area contributed by atoms with E-state index in [9.17, 15) is 9.18 Å². The van der Waals surface area contributed by atoms with E-state index < -0.39 is 5.82 Å². The Balaban J connectivity index is 1.98. The standard InChI is InChI=1S/C18H22FN3O5/c1-22(2)17-15(18(23)20-12-8-26-9-14(12)25-4)16(27-21-17)10-5-6-11(19)13(7-10)24-3/h5-7,12,14H,8-9H2,1-4H3,(H,20,23)/t12-,14-/m0/s1. The van der Waals surface area contributed by atoms with Gasteiger partial charge in [0, 0.05) is 26.8 Å². The van der Waals surface area contributed by atoms with E-state index in [-0.39, 0.29) is 35.1 Å². The predicted octanol–water partition coefficient (Wildman–Crippen LogP) is 1.70. The van der Waals surface area contributed by atoms with Gasteiger partial charge in [-0.1, -0.05) is 5.16 Å². The summed E-state index contributed by atoms with van der Waals surface area (Å²) in [7, 11) is 6.44. The van der Waals surface area contributed by atoms with Crippen molar-refractivity contribution in [3.05, 3.63) is 29.6 Å². The molecule has 2 aromatic rings. The van der Waals surface area contributed by atoms with E-state index in [2.05, 4.69) is 10.5 Å². The topological polar surface area (TPSA) is 86.1 Å². The first-order chi connectivity index (χ1) is 13.0. The molecule has 27 heavy (non-hydrogen) atoms. The summed E-state index contributed by atoms with van der Waals surface area (Å²) in [5, 5.41) is 6.90. The van der Waals surface area contributed by atoms with Gasteiger partial charge in [-0.25, -0.2) is 4.39 Å². The Kier molecular flexibility index (Phi) is 5.62. The van der Waals surface area contributed by atoms with Crippen molar-refractivity contribution in [2.45, 2.75) is 12.1 Å². The minimum atomic E-state index is -0.509. The molecule has 0 aliphatic carbocycles. The summed E-state index contributed by atoms with van der Waals surface area (Å²) < 4.78 is 34.9. The molecular weight excluding hydrogens is 357 g/mol. The number of rotatable bonds is 6. The fourth-order valence-electron chi connectivity index (χ4n) is 2.93. The number of ether oxygens (including phenoxy) is 3. The number of halogens is 1. The van der Waals surface area contributed by atoms with Crippen molar-refractivity contribution in [1.82, 2.24) is 10.5 Å². The number of methoxy groups -OCH3 is 2. The van der Waals surface area contributed by atoms with Crippen LogP contribution in [-0.2, 0) is 9.47 Å². The first-order valence-electron chi connectivity index (χ1n) is 8.38. The van der Waals surface area contributed by atoms with Crippen LogP contribution < -0.4 is 15.0 Å². The number of aromatic nitrogens is 1. The Morgan fingerprint density at radius 1 is 1.33 bits per heavy atom. The molecule has 2 atom stereocenters. The molecular formula is C18H22FN3O5. The van der Waals surface area contributed by atoms with Gasteiger partial charge in [0.2, 0.25) is 0 Å². The van der Waals surface area contributed by atoms with Crippen molar-refractivity contribution in [2.24, 2.45) is 0 Å². The lowest BCUT2D eigenvalue weighted by Crippen LogP contribution is -2.43. The second-order valence-corrected chi connectivity index (χ2v) is 6.35. The molecule has 0 spiro atoms. The number of benzene rings is 1. The number of nitrogens with one attached hydrogen (secondary N) is 1. The van der Waals surface area contributed by atoms with Crippen molar-refractivity contribution < 1.29 is 27.9 Å². The predicted molar refractivity (Wildman–Crippen MR) is 95.6 cm³/mol. The van der Waals surface area contributed by atoms with E-state index in [4.69, 9.17) is 18.7 Å². The normalized spacial score (nSPS) is 19.1. The van der Waals surface area contributed by atoms with Crippen LogP contribution in [0.25, 0.3) is 11.3 Å². The zero-order chi connectivity index (χ0) is 19.6. The molecule has 0 unspecified atom stereocenters. The molecule has 146 valence electrons. The van der Waals surface area contributed by atoms with Gasteiger partial charge in [-0.3, -0.25) is 4.79 Å². The highest BCUT2D eigenvalue weighted by Gasteiger charge is 2.33. The second-order valence-electron chi connectivity index (χ2n) is 6.35. The van der Waals surface area contributed by atoms with Gasteiger partial charge < -0.3 is 29.0 Å². The van der Waals surface area contributed by atoms with Gasteiger partial charge in [0.1, 0.15) is 11.7 Å². The molecule has 1 aromatic carbocycles. The fourth-order valence-corrected chi connectivity index (χ4v) is 2.93. The van der Waals surface area contributed by atoms with E-state index in [1.54, 1.807) is 26.1 Å². The smallest absolute Gasteiger partial charge is 0.259 e. The van der Waals surface area contributed by atoms with Crippen LogP contribution in [0.3, 0.4) is 0 Å². The van der Waals surface area contributed by atoms with Gasteiger partial charge in [0.25, 0.3) is 5.91 Å². The minimum absolute atomic E-state index is 0.0466. The molecule has 3 rings (SSSR count). The average Bonchev–Trinajstić information content (AvgIpc) is 3.28. The van der Waals surface area contributed by atoms with E-state index >= 15 is 0 Å². The molecule has 0 radical (unpaired) electrons. The van der Waals surface area contributed by atoms with E-state index in [0.717, 1.165) is 0 Å². The van der Waals surface area contributed by atoms with Gasteiger partial charge in [-0.05, 0) is 18.2 Å². The Hall–Kier alpha value is -2.65. The SMILES string of the molecule is COc1cc(-c2onc(N(C)C)c2C(=O)N[C@H]2COC[C@@H]2OC)ccc1F. The zero-order valence-electron chi connectivity index (χ0n) is 15.6. The van der Waals surface area contributed by atoms with Crippen molar-refractivity contribution in [3.63, 3.8) is 0 Å². The molecule has 1 aliphatic rings. The lowest BCUT2D eigenvalue weighted by molar-refractivity contribution is 0.0685. The molecule has 2 heterocycles. The highest BCUT2D eigenvalue weighted by Crippen LogP contribution is 2.33. The van der Waals surface area contributed by atoms with Crippen LogP contribution >= 0.6 is 0 Å². The summed E-state index contributed by atoms with van der Waals surface area (Å²) in [4.78, 5) is 14.7. The van der Waals surface area contributed by atoms with Gasteiger partial charge >= 0.3 is 0 Å². The lowest BCUT2D eigenvalue weighted by atomic mass is 10.1. The van der Waals surface area contributed by atoms with Crippen molar-refractivity contribution in [3.8, 4) is 17.1 Å². The third-order valence-electron chi connectivity index (χ3n) is 4.39. The Bertz CT molecular complexity index is 823. The number of hydrogen-bond donors (Lipinski definition) is 1. The Labute approximate surface area is 156 Å². The fraction of sp³-hybridized carbons (Fsp3) is 0.444. The number of carbonyl (C=O) groups is 1. The molecule has 0 saturated carbocycles. The largest absolute Gasteiger partial charge is 0.494 e. The summed E-state index contributed by atoms with van der Waals surface area (Å²) in [6, 6.07) is 3.93. The van der Waals surface area contributed by atoms with Crippen LogP contribution in [0, 0.1) is 5.82 Å². The molecule has 1 fully saturated rings. The summed E-state index contributed by atoms with van der Waals surface area (Å²) in [6.07, 6.45) is -0.231. The van der Waals surface area contributed by atoms with Crippen LogP contribution in [0.15, 0.2) is 22.7 Å². The quantitative estimate of drug-likeness (QED) is 0.817. The third-order valence-corrected chi connectivity index (χ3v) is 4.39. The Morgan fingerprint density at radius 3 is 2.78 bits per heavy atom. The maximum Gasteiger partial charge on any atom is 0.259 e. The number of hydrogen-bond acceptors (Lipinski definition) is 7. The van der Waals surface area contributed by atoms with Crippen LogP contribution in [0.1, 0.15) is 10.4 Å². The Morgan fingerprint density at radius 2 is 2.11 bits per heavy atom. The minimum Gasteiger partial charge on any atom is -0.494 e. The number of amides is 1. The molecule has 1 saturated heterocycles. The van der Waals surface area contributed by atoms with Gasteiger partial charge in [-0.2, -0.15) is 0 Å². The van der Waals surface area contributed by atoms with Crippen molar-refractivity contribution in [2.75, 3.05) is 46.4 Å². The molecule has 1 amide bonds. The average molecular weight is 379 g/mol. The molecule has 9 heteroatoms. The van der Waals surface area contributed by atoms with Gasteiger partial charge in [-0.15, -0.1) is 0 Å². The molecule has 1 aliphatic heterocycles. The van der Waals surface area contributed by atoms with Gasteiger partial charge in [0.05, 0.1) is 26.4 Å². The summed E-state index contributed by atoms with van der Waals surface area (Å²) in [5.41, 5.74) is 0.723. The second kappa shape index (κ2) is 7.93. The first kappa shape index (κ1) is 19.1. The lowest BCUT2D eigenvalue weighted by Gasteiger charge is -2.18. The van der Waals surface area contributed by atoms with E-state index in [1.165, 1.54) is 25.3 Å². The molecule has 0 bridgehead atoms. The summed E-state index contributed by atoms with van der Waals surface area (Å²) >= 11 is 0. The maximum atomic E-state index is 13.7. The van der Waals surface area contributed by atoms with Crippen molar-refractivity contribution >= 4 is 11.7 Å². The zero-order valence-corrected chi connectivity index (χ0v) is 15.6. The highest BCUT2D eigenvalue weighted by atomic mass is 19.1. The third kappa shape index (κ3) is 3.74. The first-order valence-corrected chi connectivity index (χ1v) is 8.38. The highest BCUT2D eigenvalue weighted by molar-refractivity contribution is 6.04. The summed E-state index contributed by atoms with van der Waals surface area (Å²) in [5.74, 6) is -0.257.